The second-order valence-corrected chi connectivity index (χ2v) is 3.75. The number of hydrogen-bond donors (Lipinski definition) is 0. The van der Waals surface area contributed by atoms with E-state index in [4.69, 9.17) is 0 Å². The molecule has 2 rings (SSSR count). The minimum absolute atomic E-state index is 0.0295. The molecule has 16 heavy (non-hydrogen) atoms. The first kappa shape index (κ1) is 10.7. The molecule has 0 bridgehead atoms. The molecule has 0 radical (unpaired) electrons. The van der Waals surface area contributed by atoms with E-state index in [2.05, 4.69) is 0 Å². The Morgan fingerprint density at radius 3 is 2.19 bits per heavy atom. The maximum Gasteiger partial charge on any atom is 0.236 e. The van der Waals surface area contributed by atoms with Gasteiger partial charge in [-0.2, -0.15) is 0 Å². The van der Waals surface area contributed by atoms with E-state index in [1.165, 1.54) is 7.05 Å². The van der Waals surface area contributed by atoms with Crippen LogP contribution in [0, 0.1) is 11.6 Å². The summed E-state index contributed by atoms with van der Waals surface area (Å²) in [5, 5.41) is 0. The van der Waals surface area contributed by atoms with Crippen LogP contribution in [0.15, 0.2) is 18.2 Å². The lowest BCUT2D eigenvalue weighted by Crippen LogP contribution is -2.25. The van der Waals surface area contributed by atoms with E-state index in [-0.39, 0.29) is 17.9 Å². The molecular weight excluding hydrogens is 216 g/mol. The molecule has 2 amide bonds. The van der Waals surface area contributed by atoms with Gasteiger partial charge in [0.1, 0.15) is 11.6 Å². The third-order valence-electron chi connectivity index (χ3n) is 2.67. The number of nitrogens with zero attached hydrogens (tertiary/aromatic N) is 1. The van der Waals surface area contributed by atoms with Crippen molar-refractivity contribution in [2.45, 2.75) is 12.3 Å². The van der Waals surface area contributed by atoms with E-state index < -0.39 is 23.5 Å². The van der Waals surface area contributed by atoms with E-state index in [0.717, 1.165) is 23.1 Å². The topological polar surface area (TPSA) is 37.4 Å². The minimum atomic E-state index is -0.761. The summed E-state index contributed by atoms with van der Waals surface area (Å²) in [5.41, 5.74) is 0.209. The van der Waals surface area contributed by atoms with Crippen molar-refractivity contribution >= 4 is 11.8 Å². The van der Waals surface area contributed by atoms with Crippen molar-refractivity contribution in [3.63, 3.8) is 0 Å². The van der Waals surface area contributed by atoms with Crippen LogP contribution in [0.3, 0.4) is 0 Å². The summed E-state index contributed by atoms with van der Waals surface area (Å²) in [7, 11) is 1.36. The fourth-order valence-corrected chi connectivity index (χ4v) is 1.79. The average molecular weight is 225 g/mol. The zero-order valence-corrected chi connectivity index (χ0v) is 8.54. The molecule has 1 aliphatic heterocycles. The number of hydrogen-bond acceptors (Lipinski definition) is 2. The molecule has 0 spiro atoms. The van der Waals surface area contributed by atoms with Crippen LogP contribution in [0.1, 0.15) is 17.9 Å². The molecule has 0 saturated carbocycles. The smallest absolute Gasteiger partial charge is 0.236 e. The Kier molecular flexibility index (Phi) is 2.46. The first-order chi connectivity index (χ1) is 7.49. The van der Waals surface area contributed by atoms with Crippen LogP contribution in [0.5, 0.6) is 0 Å². The first-order valence-corrected chi connectivity index (χ1v) is 4.75. The summed E-state index contributed by atoms with van der Waals surface area (Å²) in [5.74, 6) is -3.01. The maximum absolute atomic E-state index is 13.0. The number of imide groups is 1. The number of carbonyl (C=O) groups is 2. The van der Waals surface area contributed by atoms with Gasteiger partial charge in [-0.3, -0.25) is 14.5 Å². The Morgan fingerprint density at radius 1 is 1.19 bits per heavy atom. The fourth-order valence-electron chi connectivity index (χ4n) is 1.79. The summed E-state index contributed by atoms with van der Waals surface area (Å²) < 4.78 is 25.9. The van der Waals surface area contributed by atoms with Gasteiger partial charge >= 0.3 is 0 Å². The van der Waals surface area contributed by atoms with E-state index in [1.54, 1.807) is 0 Å². The SMILES string of the molecule is CN1C(=O)CC(c2cc(F)cc(F)c2)C1=O. The van der Waals surface area contributed by atoms with Crippen molar-refractivity contribution in [1.82, 2.24) is 4.90 Å². The van der Waals surface area contributed by atoms with Gasteiger partial charge in [-0.25, -0.2) is 8.78 Å². The molecule has 1 saturated heterocycles. The maximum atomic E-state index is 13.0. The lowest BCUT2D eigenvalue weighted by molar-refractivity contribution is -0.137. The third kappa shape index (κ3) is 1.68. The molecule has 1 aromatic carbocycles. The summed E-state index contributed by atoms with van der Waals surface area (Å²) in [6.45, 7) is 0. The quantitative estimate of drug-likeness (QED) is 0.678. The van der Waals surface area contributed by atoms with Crippen molar-refractivity contribution in [1.29, 1.82) is 0 Å². The summed E-state index contributed by atoms with van der Waals surface area (Å²) >= 11 is 0. The molecule has 0 aromatic heterocycles. The standard InChI is InChI=1S/C11H9F2NO2/c1-14-10(15)5-9(11(14)16)6-2-7(12)4-8(13)3-6/h2-4,9H,5H2,1H3. The molecule has 1 fully saturated rings. The second-order valence-electron chi connectivity index (χ2n) is 3.75. The van der Waals surface area contributed by atoms with E-state index in [0.29, 0.717) is 0 Å². The molecule has 1 unspecified atom stereocenters. The number of benzene rings is 1. The molecule has 1 aromatic rings. The lowest BCUT2D eigenvalue weighted by atomic mass is 9.97. The first-order valence-electron chi connectivity index (χ1n) is 4.75. The Labute approximate surface area is 90.7 Å². The van der Waals surface area contributed by atoms with Gasteiger partial charge in [0.15, 0.2) is 0 Å². The van der Waals surface area contributed by atoms with E-state index in [9.17, 15) is 18.4 Å². The van der Waals surface area contributed by atoms with Crippen LogP contribution < -0.4 is 0 Å². The fraction of sp³-hybridized carbons (Fsp3) is 0.273. The lowest BCUT2D eigenvalue weighted by Gasteiger charge is -2.09. The number of likely N-dealkylation sites (tertiary alicyclic amines) is 1. The van der Waals surface area contributed by atoms with Crippen LogP contribution in [0.25, 0.3) is 0 Å². The predicted octanol–water partition coefficient (Wildman–Crippen LogP) is 1.44. The van der Waals surface area contributed by atoms with E-state index >= 15 is 0 Å². The minimum Gasteiger partial charge on any atom is -0.285 e. The number of amides is 2. The molecule has 1 aliphatic rings. The zero-order chi connectivity index (χ0) is 11.9. The van der Waals surface area contributed by atoms with Crippen molar-refractivity contribution in [3.8, 4) is 0 Å². The monoisotopic (exact) mass is 225 g/mol. The summed E-state index contributed by atoms with van der Waals surface area (Å²) in [4.78, 5) is 23.8. The Bertz CT molecular complexity index is 453. The number of halogens is 2. The highest BCUT2D eigenvalue weighted by Crippen LogP contribution is 2.29. The molecule has 84 valence electrons. The second kappa shape index (κ2) is 3.66. The molecule has 1 atom stereocenters. The van der Waals surface area contributed by atoms with Crippen molar-refractivity contribution in [2.24, 2.45) is 0 Å². The number of likely N-dealkylation sites (N-methyl/N-ethyl adjacent to an activating group) is 1. The largest absolute Gasteiger partial charge is 0.285 e. The third-order valence-corrected chi connectivity index (χ3v) is 2.67. The predicted molar refractivity (Wildman–Crippen MR) is 51.5 cm³/mol. The highest BCUT2D eigenvalue weighted by molar-refractivity contribution is 6.05. The van der Waals surface area contributed by atoms with Crippen molar-refractivity contribution in [3.05, 3.63) is 35.4 Å². The van der Waals surface area contributed by atoms with Crippen molar-refractivity contribution in [2.75, 3.05) is 7.05 Å². The van der Waals surface area contributed by atoms with Crippen LogP contribution >= 0.6 is 0 Å². The Balaban J connectivity index is 2.38. The van der Waals surface area contributed by atoms with Gasteiger partial charge in [-0.1, -0.05) is 0 Å². The van der Waals surface area contributed by atoms with Crippen molar-refractivity contribution < 1.29 is 18.4 Å². The summed E-state index contributed by atoms with van der Waals surface area (Å²) in [6.07, 6.45) is -0.0295. The van der Waals surface area contributed by atoms with Gasteiger partial charge in [0, 0.05) is 19.5 Å². The Hall–Kier alpha value is -1.78. The Morgan fingerprint density at radius 2 is 1.75 bits per heavy atom. The van der Waals surface area contributed by atoms with E-state index in [1.807, 2.05) is 0 Å². The highest BCUT2D eigenvalue weighted by atomic mass is 19.1. The summed E-state index contributed by atoms with van der Waals surface area (Å²) in [6, 6.07) is 2.89. The van der Waals surface area contributed by atoms with Crippen LogP contribution in [0.2, 0.25) is 0 Å². The zero-order valence-electron chi connectivity index (χ0n) is 8.54. The van der Waals surface area contributed by atoms with Crippen LogP contribution in [0.4, 0.5) is 8.78 Å². The van der Waals surface area contributed by atoms with Crippen LogP contribution in [-0.2, 0) is 9.59 Å². The molecule has 0 N–H and O–H groups in total. The highest BCUT2D eigenvalue weighted by Gasteiger charge is 2.37. The van der Waals surface area contributed by atoms with Gasteiger partial charge in [-0.15, -0.1) is 0 Å². The molecule has 1 heterocycles. The van der Waals surface area contributed by atoms with Gasteiger partial charge in [-0.05, 0) is 17.7 Å². The van der Waals surface area contributed by atoms with Gasteiger partial charge < -0.3 is 0 Å². The number of rotatable bonds is 1. The van der Waals surface area contributed by atoms with Gasteiger partial charge in [0.2, 0.25) is 11.8 Å². The number of carbonyl (C=O) groups excluding carboxylic acids is 2. The normalized spacial score (nSPS) is 20.7. The average Bonchev–Trinajstić information content (AvgIpc) is 2.44. The molecule has 0 aliphatic carbocycles. The molecule has 5 heteroatoms. The van der Waals surface area contributed by atoms with Gasteiger partial charge in [0.25, 0.3) is 0 Å². The van der Waals surface area contributed by atoms with Crippen LogP contribution in [-0.4, -0.2) is 23.8 Å². The molecule has 3 nitrogen and oxygen atoms in total. The molecular formula is C11H9F2NO2. The van der Waals surface area contributed by atoms with Gasteiger partial charge in [0.05, 0.1) is 5.92 Å².